The average Bonchev–Trinajstić information content (AvgIpc) is 2.46. The number of rotatable bonds is 3. The molecule has 2 aliphatic heterocycles. The van der Waals surface area contributed by atoms with Crippen molar-refractivity contribution < 1.29 is 14.6 Å². The minimum absolute atomic E-state index is 0.0220. The maximum Gasteiger partial charge on any atom is 0.239 e. The number of nitrogens with zero attached hydrogens (tertiary/aromatic N) is 2. The van der Waals surface area contributed by atoms with Crippen LogP contribution in [0, 0.1) is 0 Å². The molecule has 2 rings (SSSR count). The molecule has 0 radical (unpaired) electrons. The van der Waals surface area contributed by atoms with Gasteiger partial charge in [0.15, 0.2) is 0 Å². The second kappa shape index (κ2) is 6.47. The number of ether oxygens (including phenoxy) is 1. The third-order valence-corrected chi connectivity index (χ3v) is 3.71. The molecule has 104 valence electrons. The summed E-state index contributed by atoms with van der Waals surface area (Å²) in [5.74, 6) is 0.152. The predicted octanol–water partition coefficient (Wildman–Crippen LogP) is -1.50. The SMILES string of the molecule is CC(C(=O)N1CCOC(CO)C1)N1CCNCC1. The maximum absolute atomic E-state index is 12.4. The Morgan fingerprint density at radius 1 is 1.44 bits per heavy atom. The van der Waals surface area contributed by atoms with E-state index < -0.39 is 0 Å². The molecule has 6 nitrogen and oxygen atoms in total. The largest absolute Gasteiger partial charge is 0.394 e. The summed E-state index contributed by atoms with van der Waals surface area (Å²) >= 11 is 0. The van der Waals surface area contributed by atoms with Crippen LogP contribution >= 0.6 is 0 Å². The van der Waals surface area contributed by atoms with Crippen molar-refractivity contribution >= 4 is 5.91 Å². The molecule has 18 heavy (non-hydrogen) atoms. The van der Waals surface area contributed by atoms with E-state index in [2.05, 4.69) is 10.2 Å². The molecular formula is C12H23N3O3. The zero-order chi connectivity index (χ0) is 13.0. The highest BCUT2D eigenvalue weighted by molar-refractivity contribution is 5.81. The lowest BCUT2D eigenvalue weighted by atomic mass is 10.2. The third kappa shape index (κ3) is 3.20. The van der Waals surface area contributed by atoms with E-state index in [1.54, 1.807) is 0 Å². The lowest BCUT2D eigenvalue weighted by Crippen LogP contribution is -2.56. The fourth-order valence-corrected chi connectivity index (χ4v) is 2.52. The van der Waals surface area contributed by atoms with Gasteiger partial charge in [-0.15, -0.1) is 0 Å². The van der Waals surface area contributed by atoms with Gasteiger partial charge < -0.3 is 20.1 Å². The van der Waals surface area contributed by atoms with E-state index in [-0.39, 0.29) is 24.7 Å². The standard InChI is InChI=1S/C12H23N3O3/c1-10(14-4-2-13-3-5-14)12(17)15-6-7-18-11(8-15)9-16/h10-11,13,16H,2-9H2,1H3. The molecule has 2 unspecified atom stereocenters. The van der Waals surface area contributed by atoms with Gasteiger partial charge in [-0.25, -0.2) is 0 Å². The molecule has 0 aromatic heterocycles. The molecule has 6 heteroatoms. The number of piperazine rings is 1. The van der Waals surface area contributed by atoms with Crippen molar-refractivity contribution in [1.29, 1.82) is 0 Å². The van der Waals surface area contributed by atoms with E-state index in [0.717, 1.165) is 26.2 Å². The van der Waals surface area contributed by atoms with Crippen LogP contribution in [0.5, 0.6) is 0 Å². The van der Waals surface area contributed by atoms with Gasteiger partial charge in [-0.2, -0.15) is 0 Å². The zero-order valence-electron chi connectivity index (χ0n) is 11.0. The monoisotopic (exact) mass is 257 g/mol. The molecule has 0 bridgehead atoms. The highest BCUT2D eigenvalue weighted by Crippen LogP contribution is 2.10. The second-order valence-corrected chi connectivity index (χ2v) is 4.92. The summed E-state index contributed by atoms with van der Waals surface area (Å²) in [5.41, 5.74) is 0. The number of aliphatic hydroxyl groups is 1. The van der Waals surface area contributed by atoms with Crippen LogP contribution in [0.2, 0.25) is 0 Å². The molecule has 0 aromatic rings. The number of nitrogens with one attached hydrogen (secondary N) is 1. The number of aliphatic hydroxyl groups excluding tert-OH is 1. The molecular weight excluding hydrogens is 234 g/mol. The van der Waals surface area contributed by atoms with Gasteiger partial charge in [0.2, 0.25) is 5.91 Å². The van der Waals surface area contributed by atoms with Crippen molar-refractivity contribution in [3.63, 3.8) is 0 Å². The smallest absolute Gasteiger partial charge is 0.239 e. The summed E-state index contributed by atoms with van der Waals surface area (Å²) < 4.78 is 5.37. The molecule has 2 atom stereocenters. The van der Waals surface area contributed by atoms with Gasteiger partial charge in [-0.1, -0.05) is 0 Å². The Labute approximate surface area is 108 Å². The summed E-state index contributed by atoms with van der Waals surface area (Å²) in [6.45, 7) is 7.33. The Bertz CT molecular complexity index is 278. The first-order valence-corrected chi connectivity index (χ1v) is 6.68. The van der Waals surface area contributed by atoms with E-state index >= 15 is 0 Å². The van der Waals surface area contributed by atoms with E-state index in [1.165, 1.54) is 0 Å². The minimum atomic E-state index is -0.224. The Morgan fingerprint density at radius 2 is 2.17 bits per heavy atom. The van der Waals surface area contributed by atoms with Crippen LogP contribution in [-0.2, 0) is 9.53 Å². The number of carbonyl (C=O) groups is 1. The number of hydrogen-bond donors (Lipinski definition) is 2. The first kappa shape index (κ1) is 13.7. The molecule has 2 heterocycles. The first-order valence-electron chi connectivity index (χ1n) is 6.68. The predicted molar refractivity (Wildman–Crippen MR) is 67.3 cm³/mol. The Kier molecular flexibility index (Phi) is 4.94. The number of hydrogen-bond acceptors (Lipinski definition) is 5. The molecule has 2 N–H and O–H groups in total. The molecule has 1 amide bonds. The van der Waals surface area contributed by atoms with Gasteiger partial charge >= 0.3 is 0 Å². The van der Waals surface area contributed by atoms with Gasteiger partial charge in [-0.3, -0.25) is 9.69 Å². The van der Waals surface area contributed by atoms with Crippen molar-refractivity contribution in [3.05, 3.63) is 0 Å². The van der Waals surface area contributed by atoms with Crippen LogP contribution in [0.4, 0.5) is 0 Å². The van der Waals surface area contributed by atoms with Crippen molar-refractivity contribution in [2.75, 3.05) is 52.5 Å². The van der Waals surface area contributed by atoms with Gasteiger partial charge in [0.1, 0.15) is 0 Å². The zero-order valence-corrected chi connectivity index (χ0v) is 11.0. The van der Waals surface area contributed by atoms with Gasteiger partial charge in [0.25, 0.3) is 0 Å². The normalized spacial score (nSPS) is 28.1. The fraction of sp³-hybridized carbons (Fsp3) is 0.917. The van der Waals surface area contributed by atoms with Gasteiger partial charge in [0.05, 0.1) is 25.4 Å². The molecule has 0 saturated carbocycles. The molecule has 0 aliphatic carbocycles. The van der Waals surface area contributed by atoms with Crippen LogP contribution in [0.15, 0.2) is 0 Å². The fourth-order valence-electron chi connectivity index (χ4n) is 2.52. The van der Waals surface area contributed by atoms with E-state index in [9.17, 15) is 4.79 Å². The summed E-state index contributed by atoms with van der Waals surface area (Å²) in [5, 5.41) is 12.4. The second-order valence-electron chi connectivity index (χ2n) is 4.92. The van der Waals surface area contributed by atoms with Crippen molar-refractivity contribution in [3.8, 4) is 0 Å². The molecule has 2 fully saturated rings. The molecule has 0 spiro atoms. The number of amides is 1. The van der Waals surface area contributed by atoms with Crippen LogP contribution in [-0.4, -0.2) is 85.4 Å². The van der Waals surface area contributed by atoms with Gasteiger partial charge in [0, 0.05) is 39.3 Å². The highest BCUT2D eigenvalue weighted by Gasteiger charge is 2.30. The van der Waals surface area contributed by atoms with Crippen LogP contribution < -0.4 is 5.32 Å². The van der Waals surface area contributed by atoms with E-state index in [4.69, 9.17) is 9.84 Å². The Balaban J connectivity index is 1.88. The van der Waals surface area contributed by atoms with Gasteiger partial charge in [-0.05, 0) is 6.92 Å². The summed E-state index contributed by atoms with van der Waals surface area (Å²) in [6.07, 6.45) is -0.224. The minimum Gasteiger partial charge on any atom is -0.394 e. The lowest BCUT2D eigenvalue weighted by molar-refractivity contribution is -0.145. The number of morpholine rings is 1. The van der Waals surface area contributed by atoms with Crippen molar-refractivity contribution in [1.82, 2.24) is 15.1 Å². The van der Waals surface area contributed by atoms with Crippen LogP contribution in [0.3, 0.4) is 0 Å². The molecule has 2 aliphatic rings. The van der Waals surface area contributed by atoms with E-state index in [0.29, 0.717) is 19.7 Å². The van der Waals surface area contributed by atoms with Crippen LogP contribution in [0.1, 0.15) is 6.92 Å². The van der Waals surface area contributed by atoms with Crippen LogP contribution in [0.25, 0.3) is 0 Å². The summed E-state index contributed by atoms with van der Waals surface area (Å²) in [6, 6.07) is -0.0791. The Hall–Kier alpha value is -0.690. The number of carbonyl (C=O) groups excluding carboxylic acids is 1. The van der Waals surface area contributed by atoms with E-state index in [1.807, 2.05) is 11.8 Å². The maximum atomic E-state index is 12.4. The average molecular weight is 257 g/mol. The highest BCUT2D eigenvalue weighted by atomic mass is 16.5. The molecule has 2 saturated heterocycles. The lowest BCUT2D eigenvalue weighted by Gasteiger charge is -2.38. The Morgan fingerprint density at radius 3 is 2.83 bits per heavy atom. The summed E-state index contributed by atoms with van der Waals surface area (Å²) in [4.78, 5) is 16.4. The third-order valence-electron chi connectivity index (χ3n) is 3.71. The topological polar surface area (TPSA) is 65.0 Å². The van der Waals surface area contributed by atoms with Crippen molar-refractivity contribution in [2.24, 2.45) is 0 Å². The quantitative estimate of drug-likeness (QED) is 0.644. The summed E-state index contributed by atoms with van der Waals surface area (Å²) in [7, 11) is 0. The first-order chi connectivity index (χ1) is 8.72. The van der Waals surface area contributed by atoms with Crippen molar-refractivity contribution in [2.45, 2.75) is 19.1 Å². The molecule has 0 aromatic carbocycles.